The Kier molecular flexibility index (Phi) is 14.0. The van der Waals surface area contributed by atoms with Crippen molar-refractivity contribution in [2.45, 2.75) is 0 Å². The van der Waals surface area contributed by atoms with Crippen LogP contribution >= 0.6 is 0 Å². The molecule has 0 saturated carbocycles. The van der Waals surface area contributed by atoms with Crippen LogP contribution in [-0.4, -0.2) is 80.7 Å². The van der Waals surface area contributed by atoms with E-state index >= 15 is 0 Å². The van der Waals surface area contributed by atoms with Crippen molar-refractivity contribution in [2.75, 3.05) is 63.4 Å². The Hall–Kier alpha value is -7.79. The maximum atomic E-state index is 11.6. The van der Waals surface area contributed by atoms with Crippen LogP contribution in [0, 0.1) is 0 Å². The third-order valence-electron chi connectivity index (χ3n) is 10.0. The van der Waals surface area contributed by atoms with Gasteiger partial charge in [-0.05, 0) is 76.3 Å². The van der Waals surface area contributed by atoms with Gasteiger partial charge in [-0.15, -0.1) is 0 Å². The Morgan fingerprint density at radius 1 is 0.468 bits per heavy atom. The maximum absolute atomic E-state index is 11.6. The average molecular weight is 830 g/mol. The molecule has 0 atom stereocenters. The molecule has 0 aliphatic carbocycles. The van der Waals surface area contributed by atoms with Gasteiger partial charge in [0.1, 0.15) is 47.8 Å². The molecule has 2 N–H and O–H groups in total. The maximum Gasteiger partial charge on any atom is 0.341 e. The minimum atomic E-state index is -1.06. The van der Waals surface area contributed by atoms with Crippen LogP contribution in [0.5, 0.6) is 23.0 Å². The molecule has 0 radical (unpaired) electrons. The van der Waals surface area contributed by atoms with E-state index in [1.807, 2.05) is 169 Å². The van der Waals surface area contributed by atoms with E-state index in [1.54, 1.807) is 12.1 Å². The summed E-state index contributed by atoms with van der Waals surface area (Å²) in [6.07, 6.45) is 0. The van der Waals surface area contributed by atoms with Gasteiger partial charge in [-0.2, -0.15) is 0 Å². The number of benzene rings is 6. The molecule has 0 amide bonds. The molecule has 0 bridgehead atoms. The molecule has 62 heavy (non-hydrogen) atoms. The Balaban J connectivity index is 1.00. The van der Waals surface area contributed by atoms with Crippen LogP contribution in [0.4, 0.5) is 11.6 Å². The topological polar surface area (TPSA) is 131 Å². The van der Waals surface area contributed by atoms with Gasteiger partial charge in [0.25, 0.3) is 0 Å². The molecule has 0 spiro atoms. The number of rotatable bonds is 20. The first-order valence-electron chi connectivity index (χ1n) is 20.1. The van der Waals surface area contributed by atoms with Gasteiger partial charge in [-0.25, -0.2) is 14.6 Å². The van der Waals surface area contributed by atoms with Crippen molar-refractivity contribution in [1.29, 1.82) is 0 Å². The smallest absolute Gasteiger partial charge is 0.341 e. The second kappa shape index (κ2) is 20.5. The van der Waals surface area contributed by atoms with E-state index in [-0.39, 0.29) is 0 Å². The van der Waals surface area contributed by atoms with Gasteiger partial charge in [0, 0.05) is 30.8 Å². The molecule has 11 heteroatoms. The van der Waals surface area contributed by atoms with Gasteiger partial charge in [-0.1, -0.05) is 115 Å². The number of pyridine rings is 1. The second-order valence-electron chi connectivity index (χ2n) is 14.4. The predicted octanol–water partition coefficient (Wildman–Crippen LogP) is 9.71. The van der Waals surface area contributed by atoms with Gasteiger partial charge >= 0.3 is 11.9 Å². The number of carbonyl (C=O) groups is 2. The highest BCUT2D eigenvalue weighted by atomic mass is 16.5. The van der Waals surface area contributed by atoms with Gasteiger partial charge in [0.2, 0.25) is 0 Å². The standard InChI is InChI=1S/C51H47N3O8/c1-53(26-28-59-41-24-25-46(61-34-49(55)56)43(31-41)40-21-12-20-39(30-40)36-14-6-3-7-15-36)47-22-13-23-48(52-47)54(2)27-29-60-42-32-44(37-16-8-4-9-17-37)51(62-35-50(57)58)45(33-42)38-18-10-5-11-19-38/h3-25,30-33H,26-29,34-35H2,1-2H3,(H,55,56)(H,57,58). The summed E-state index contributed by atoms with van der Waals surface area (Å²) in [5.74, 6) is 1.59. The van der Waals surface area contributed by atoms with Crippen molar-refractivity contribution >= 4 is 23.6 Å². The van der Waals surface area contributed by atoms with Gasteiger partial charge in [-0.3, -0.25) is 0 Å². The van der Waals surface area contributed by atoms with Crippen molar-refractivity contribution in [3.63, 3.8) is 0 Å². The summed E-state index contributed by atoms with van der Waals surface area (Å²) < 4.78 is 24.2. The zero-order valence-corrected chi connectivity index (χ0v) is 34.5. The Morgan fingerprint density at radius 2 is 0.935 bits per heavy atom. The first-order chi connectivity index (χ1) is 30.2. The minimum absolute atomic E-state index is 0.350. The fourth-order valence-electron chi connectivity index (χ4n) is 6.89. The molecule has 0 fully saturated rings. The number of carboxylic acids is 2. The van der Waals surface area contributed by atoms with E-state index in [9.17, 15) is 19.8 Å². The lowest BCUT2D eigenvalue weighted by molar-refractivity contribution is -0.140. The first kappa shape index (κ1) is 42.3. The molecular weight excluding hydrogens is 783 g/mol. The lowest BCUT2D eigenvalue weighted by Crippen LogP contribution is -2.27. The number of likely N-dealkylation sites (N-methyl/N-ethyl adjacent to an activating group) is 2. The van der Waals surface area contributed by atoms with Crippen molar-refractivity contribution in [2.24, 2.45) is 0 Å². The normalized spacial score (nSPS) is 10.7. The van der Waals surface area contributed by atoms with Gasteiger partial charge < -0.3 is 39.0 Å². The summed E-state index contributed by atoms with van der Waals surface area (Å²) in [5, 5.41) is 18.8. The fourth-order valence-corrected chi connectivity index (χ4v) is 6.89. The van der Waals surface area contributed by atoms with Gasteiger partial charge in [0.05, 0.1) is 13.1 Å². The molecule has 6 aromatic carbocycles. The number of nitrogens with zero attached hydrogens (tertiary/aromatic N) is 3. The molecule has 7 aromatic rings. The summed E-state index contributed by atoms with van der Waals surface area (Å²) in [7, 11) is 3.92. The highest BCUT2D eigenvalue weighted by molar-refractivity contribution is 5.85. The second-order valence-corrected chi connectivity index (χ2v) is 14.4. The molecule has 0 aliphatic rings. The number of carboxylic acid groups (broad SMARTS) is 2. The van der Waals surface area contributed by atoms with E-state index < -0.39 is 25.2 Å². The summed E-state index contributed by atoms with van der Waals surface area (Å²) >= 11 is 0. The Bertz CT molecular complexity index is 2530. The van der Waals surface area contributed by atoms with E-state index in [4.69, 9.17) is 23.9 Å². The molecule has 1 heterocycles. The predicted molar refractivity (Wildman–Crippen MR) is 243 cm³/mol. The number of ether oxygens (including phenoxy) is 4. The van der Waals surface area contributed by atoms with Crippen molar-refractivity contribution in [3.8, 4) is 67.5 Å². The van der Waals surface area contributed by atoms with Crippen LogP contribution < -0.4 is 28.7 Å². The van der Waals surface area contributed by atoms with E-state index in [2.05, 4.69) is 6.07 Å². The number of anilines is 2. The molecule has 0 aliphatic heterocycles. The summed E-state index contributed by atoms with van der Waals surface area (Å²) in [6, 6.07) is 52.5. The zero-order valence-electron chi connectivity index (χ0n) is 34.5. The van der Waals surface area contributed by atoms with E-state index in [0.29, 0.717) is 49.3 Å². The van der Waals surface area contributed by atoms with E-state index in [1.165, 1.54) is 0 Å². The quantitative estimate of drug-likeness (QED) is 0.0762. The van der Waals surface area contributed by atoms with Crippen LogP contribution in [0.15, 0.2) is 164 Å². The molecule has 1 aromatic heterocycles. The van der Waals surface area contributed by atoms with Crippen LogP contribution in [0.3, 0.4) is 0 Å². The fraction of sp³-hybridized carbons (Fsp3) is 0.157. The number of aromatic nitrogens is 1. The molecule has 11 nitrogen and oxygen atoms in total. The van der Waals surface area contributed by atoms with Crippen LogP contribution in [0.25, 0.3) is 44.5 Å². The molecule has 7 rings (SSSR count). The third kappa shape index (κ3) is 11.1. The third-order valence-corrected chi connectivity index (χ3v) is 10.0. The highest BCUT2D eigenvalue weighted by Crippen LogP contribution is 2.43. The Labute approximate surface area is 361 Å². The number of hydrogen-bond acceptors (Lipinski definition) is 9. The minimum Gasteiger partial charge on any atom is -0.492 e. The van der Waals surface area contributed by atoms with Crippen LogP contribution in [0.1, 0.15) is 0 Å². The zero-order chi connectivity index (χ0) is 43.3. The monoisotopic (exact) mass is 829 g/mol. The van der Waals surface area contributed by atoms with Crippen molar-refractivity contribution in [3.05, 3.63) is 164 Å². The van der Waals surface area contributed by atoms with Crippen LogP contribution in [-0.2, 0) is 9.59 Å². The molecule has 0 unspecified atom stereocenters. The lowest BCUT2D eigenvalue weighted by Gasteiger charge is -2.23. The average Bonchev–Trinajstić information content (AvgIpc) is 3.31. The largest absolute Gasteiger partial charge is 0.492 e. The van der Waals surface area contributed by atoms with Crippen molar-refractivity contribution < 1.29 is 38.7 Å². The SMILES string of the molecule is CN(CCOc1ccc(OCC(=O)O)c(-c2cccc(-c3ccccc3)c2)c1)c1cccc(N(C)CCOc2cc(-c3ccccc3)c(OCC(=O)O)c(-c3ccccc3)c2)n1. The number of aliphatic carboxylic acids is 2. The first-order valence-corrected chi connectivity index (χ1v) is 20.1. The molecule has 314 valence electrons. The summed E-state index contributed by atoms with van der Waals surface area (Å²) in [6.45, 7) is 0.844. The number of hydrogen-bond donors (Lipinski definition) is 2. The van der Waals surface area contributed by atoms with Gasteiger partial charge in [0.15, 0.2) is 13.2 Å². The highest BCUT2D eigenvalue weighted by Gasteiger charge is 2.19. The molecule has 0 saturated heterocycles. The lowest BCUT2D eigenvalue weighted by atomic mass is 9.96. The summed E-state index contributed by atoms with van der Waals surface area (Å²) in [5.41, 5.74) is 6.91. The Morgan fingerprint density at radius 3 is 1.50 bits per heavy atom. The summed E-state index contributed by atoms with van der Waals surface area (Å²) in [4.78, 5) is 31.9. The molecular formula is C51H47N3O8. The van der Waals surface area contributed by atoms with E-state index in [0.717, 1.165) is 56.1 Å². The van der Waals surface area contributed by atoms with Crippen molar-refractivity contribution in [1.82, 2.24) is 4.98 Å². The van der Waals surface area contributed by atoms with Crippen LogP contribution in [0.2, 0.25) is 0 Å².